The maximum Gasteiger partial charge on any atom is 0.165 e. The largest absolute Gasteiger partial charge is 0.494 e. The van der Waals surface area contributed by atoms with E-state index in [2.05, 4.69) is 36.0 Å². The van der Waals surface area contributed by atoms with Crippen LogP contribution in [0.3, 0.4) is 0 Å². The van der Waals surface area contributed by atoms with E-state index in [0.29, 0.717) is 12.6 Å². The number of hydrogen-bond donors (Lipinski definition) is 1. The van der Waals surface area contributed by atoms with Crippen molar-refractivity contribution in [3.8, 4) is 5.75 Å². The van der Waals surface area contributed by atoms with Crippen molar-refractivity contribution in [1.82, 2.24) is 9.88 Å². The van der Waals surface area contributed by atoms with E-state index in [0.717, 1.165) is 12.1 Å². The van der Waals surface area contributed by atoms with Gasteiger partial charge in [-0.3, -0.25) is 0 Å². The summed E-state index contributed by atoms with van der Waals surface area (Å²) in [6, 6.07) is 7.61. The van der Waals surface area contributed by atoms with E-state index in [9.17, 15) is 4.39 Å². The second kappa shape index (κ2) is 6.57. The predicted molar refractivity (Wildman–Crippen MR) is 78.5 cm³/mol. The lowest BCUT2D eigenvalue weighted by atomic mass is 10.2. The van der Waals surface area contributed by atoms with Crippen molar-refractivity contribution in [3.05, 3.63) is 53.6 Å². The number of hydrogen-bond acceptors (Lipinski definition) is 2. The van der Waals surface area contributed by atoms with E-state index in [1.165, 1.54) is 18.7 Å². The highest BCUT2D eigenvalue weighted by atomic mass is 19.1. The standard InChI is InChI=1S/C16H21FN2O/c1-12(2)18-9-14-6-7-19(11-14)10-13-4-5-16(20-3)15(17)8-13/h4-8,11-12,18H,9-10H2,1-3H3. The first-order chi connectivity index (χ1) is 9.58. The van der Waals surface area contributed by atoms with Crippen molar-refractivity contribution in [2.45, 2.75) is 33.0 Å². The Morgan fingerprint density at radius 3 is 2.70 bits per heavy atom. The monoisotopic (exact) mass is 276 g/mol. The lowest BCUT2D eigenvalue weighted by molar-refractivity contribution is 0.386. The van der Waals surface area contributed by atoms with Gasteiger partial charge in [0.25, 0.3) is 0 Å². The maximum absolute atomic E-state index is 13.6. The minimum atomic E-state index is -0.321. The summed E-state index contributed by atoms with van der Waals surface area (Å²) in [5.74, 6) is -0.0399. The molecule has 1 aromatic heterocycles. The van der Waals surface area contributed by atoms with Crippen molar-refractivity contribution >= 4 is 0 Å². The second-order valence-electron chi connectivity index (χ2n) is 5.20. The Morgan fingerprint density at radius 2 is 2.05 bits per heavy atom. The summed E-state index contributed by atoms with van der Waals surface area (Å²) in [5.41, 5.74) is 2.15. The van der Waals surface area contributed by atoms with Crippen LogP contribution in [-0.2, 0) is 13.1 Å². The Bertz CT molecular complexity index is 563. The van der Waals surface area contributed by atoms with E-state index in [1.54, 1.807) is 6.07 Å². The van der Waals surface area contributed by atoms with Gasteiger partial charge in [0.15, 0.2) is 11.6 Å². The number of rotatable bonds is 6. The van der Waals surface area contributed by atoms with Crippen molar-refractivity contribution in [2.75, 3.05) is 7.11 Å². The van der Waals surface area contributed by atoms with Gasteiger partial charge in [-0.15, -0.1) is 0 Å². The minimum Gasteiger partial charge on any atom is -0.494 e. The van der Waals surface area contributed by atoms with Crippen molar-refractivity contribution in [2.24, 2.45) is 0 Å². The fourth-order valence-electron chi connectivity index (χ4n) is 2.03. The molecular formula is C16H21FN2O. The molecule has 1 aromatic carbocycles. The molecule has 3 nitrogen and oxygen atoms in total. The topological polar surface area (TPSA) is 26.2 Å². The molecule has 20 heavy (non-hydrogen) atoms. The highest BCUT2D eigenvalue weighted by Gasteiger charge is 2.04. The van der Waals surface area contributed by atoms with Crippen LogP contribution in [-0.4, -0.2) is 17.7 Å². The van der Waals surface area contributed by atoms with E-state index >= 15 is 0 Å². The molecule has 108 valence electrons. The van der Waals surface area contributed by atoms with Gasteiger partial charge < -0.3 is 14.6 Å². The molecule has 0 spiro atoms. The van der Waals surface area contributed by atoms with Gasteiger partial charge in [0.1, 0.15) is 0 Å². The summed E-state index contributed by atoms with van der Waals surface area (Å²) in [4.78, 5) is 0. The third kappa shape index (κ3) is 3.84. The Kier molecular flexibility index (Phi) is 4.79. The van der Waals surface area contributed by atoms with Gasteiger partial charge in [-0.2, -0.15) is 0 Å². The Hall–Kier alpha value is -1.81. The van der Waals surface area contributed by atoms with Crippen LogP contribution < -0.4 is 10.1 Å². The fraction of sp³-hybridized carbons (Fsp3) is 0.375. The van der Waals surface area contributed by atoms with Crippen LogP contribution in [0.5, 0.6) is 5.75 Å². The molecule has 0 aliphatic heterocycles. The number of halogens is 1. The zero-order valence-corrected chi connectivity index (χ0v) is 12.2. The number of aromatic nitrogens is 1. The van der Waals surface area contributed by atoms with Crippen LogP contribution in [0, 0.1) is 5.82 Å². The summed E-state index contributed by atoms with van der Waals surface area (Å²) in [6.07, 6.45) is 4.09. The first kappa shape index (κ1) is 14.6. The van der Waals surface area contributed by atoms with Crippen LogP contribution in [0.4, 0.5) is 4.39 Å². The average molecular weight is 276 g/mol. The molecule has 0 saturated carbocycles. The van der Waals surface area contributed by atoms with Gasteiger partial charge in [-0.25, -0.2) is 4.39 Å². The lowest BCUT2D eigenvalue weighted by Crippen LogP contribution is -2.21. The molecule has 0 amide bonds. The smallest absolute Gasteiger partial charge is 0.165 e. The molecule has 0 bridgehead atoms. The van der Waals surface area contributed by atoms with E-state index < -0.39 is 0 Å². The fourth-order valence-corrected chi connectivity index (χ4v) is 2.03. The Morgan fingerprint density at radius 1 is 1.25 bits per heavy atom. The molecule has 0 aliphatic rings. The van der Waals surface area contributed by atoms with E-state index in [1.807, 2.05) is 12.3 Å². The van der Waals surface area contributed by atoms with Crippen LogP contribution in [0.1, 0.15) is 25.0 Å². The van der Waals surface area contributed by atoms with Crippen LogP contribution in [0.2, 0.25) is 0 Å². The molecule has 4 heteroatoms. The van der Waals surface area contributed by atoms with Gasteiger partial charge in [-0.05, 0) is 29.3 Å². The first-order valence-electron chi connectivity index (χ1n) is 6.79. The molecule has 0 saturated heterocycles. The number of nitrogens with one attached hydrogen (secondary N) is 1. The summed E-state index contributed by atoms with van der Waals surface area (Å²) in [5, 5.41) is 3.37. The van der Waals surface area contributed by atoms with E-state index in [-0.39, 0.29) is 11.6 Å². The molecule has 0 aliphatic carbocycles. The van der Waals surface area contributed by atoms with Gasteiger partial charge in [0.2, 0.25) is 0 Å². The highest BCUT2D eigenvalue weighted by Crippen LogP contribution is 2.18. The molecule has 0 radical (unpaired) electrons. The second-order valence-corrected chi connectivity index (χ2v) is 5.20. The average Bonchev–Trinajstić information content (AvgIpc) is 2.84. The van der Waals surface area contributed by atoms with E-state index in [4.69, 9.17) is 4.74 Å². The number of benzene rings is 1. The predicted octanol–water partition coefficient (Wildman–Crippen LogP) is 3.18. The molecule has 0 atom stereocenters. The van der Waals surface area contributed by atoms with Crippen molar-refractivity contribution in [1.29, 1.82) is 0 Å². The minimum absolute atomic E-state index is 0.281. The third-order valence-electron chi connectivity index (χ3n) is 3.11. The normalized spacial score (nSPS) is 11.1. The maximum atomic E-state index is 13.6. The van der Waals surface area contributed by atoms with Gasteiger partial charge in [0.05, 0.1) is 7.11 Å². The van der Waals surface area contributed by atoms with Crippen LogP contribution in [0.15, 0.2) is 36.7 Å². The summed E-state index contributed by atoms with van der Waals surface area (Å²) in [7, 11) is 1.47. The quantitative estimate of drug-likeness (QED) is 0.877. The Labute approximate surface area is 119 Å². The molecule has 1 heterocycles. The first-order valence-corrected chi connectivity index (χ1v) is 6.79. The number of ether oxygens (including phenoxy) is 1. The molecule has 1 N–H and O–H groups in total. The van der Waals surface area contributed by atoms with Gasteiger partial charge in [-0.1, -0.05) is 19.9 Å². The number of nitrogens with zero attached hydrogens (tertiary/aromatic N) is 1. The third-order valence-corrected chi connectivity index (χ3v) is 3.11. The van der Waals surface area contributed by atoms with Gasteiger partial charge >= 0.3 is 0 Å². The Balaban J connectivity index is 2.01. The van der Waals surface area contributed by atoms with Crippen molar-refractivity contribution in [3.63, 3.8) is 0 Å². The zero-order valence-electron chi connectivity index (χ0n) is 12.2. The molecule has 0 fully saturated rings. The molecule has 0 unspecified atom stereocenters. The molecule has 2 rings (SSSR count). The summed E-state index contributed by atoms with van der Waals surface area (Å²) < 4.78 is 20.6. The number of methoxy groups -OCH3 is 1. The zero-order chi connectivity index (χ0) is 14.5. The van der Waals surface area contributed by atoms with Crippen LogP contribution in [0.25, 0.3) is 0 Å². The lowest BCUT2D eigenvalue weighted by Gasteiger charge is -2.07. The summed E-state index contributed by atoms with van der Waals surface area (Å²) >= 11 is 0. The van der Waals surface area contributed by atoms with Crippen molar-refractivity contribution < 1.29 is 9.13 Å². The van der Waals surface area contributed by atoms with Gasteiger partial charge in [0, 0.05) is 31.5 Å². The summed E-state index contributed by atoms with van der Waals surface area (Å²) in [6.45, 7) is 5.75. The SMILES string of the molecule is COc1ccc(Cn2ccc(CNC(C)C)c2)cc1F. The highest BCUT2D eigenvalue weighted by molar-refractivity contribution is 5.29. The van der Waals surface area contributed by atoms with Crippen LogP contribution >= 0.6 is 0 Å². The molecule has 2 aromatic rings. The molecular weight excluding hydrogens is 255 g/mol.